The molecule has 2 nitrogen and oxygen atoms in total. The van der Waals surface area contributed by atoms with Crippen LogP contribution >= 0.6 is 26.7 Å². The van der Waals surface area contributed by atoms with Crippen molar-refractivity contribution in [1.29, 1.82) is 0 Å². The van der Waals surface area contributed by atoms with Crippen molar-refractivity contribution in [3.8, 4) is 0 Å². The number of benzene rings is 6. The van der Waals surface area contributed by atoms with Crippen molar-refractivity contribution in [3.05, 3.63) is 182 Å². The van der Waals surface area contributed by atoms with E-state index in [9.17, 15) is 0 Å². The standard InChI is InChI=1S/C39H30O2P2S.Os/c40-38(42(31-19-7-1-8-20-31,32-21-9-2-10-22-32)33-23-11-3-12-24-33)37(44)39(41)43(34-25-13-4-14-26-34,35-27-15-5-16-28-35)36-29-17-6-18-30-36;/h1-30H;/q+2;. The largest absolute Gasteiger partial charge is 0.331 e. The van der Waals surface area contributed by atoms with Crippen LogP contribution in [-0.2, 0) is 29.4 Å². The molecule has 0 spiro atoms. The SMILES string of the molecule is O=C(C(=S)C(=O)[P+](c1ccccc1)(c1ccccc1)c1ccccc1)[P+](c1ccccc1)(c1ccccc1)c1ccccc1.[Os]. The molecule has 0 radical (unpaired) electrons. The second-order valence-corrected chi connectivity index (χ2v) is 17.3. The summed E-state index contributed by atoms with van der Waals surface area (Å²) in [7, 11) is -6.16. The Morgan fingerprint density at radius 1 is 0.333 bits per heavy atom. The van der Waals surface area contributed by atoms with Crippen LogP contribution in [0.3, 0.4) is 0 Å². The van der Waals surface area contributed by atoms with Gasteiger partial charge in [-0.15, -0.1) is 0 Å². The molecule has 0 aromatic heterocycles. The molecule has 0 fully saturated rings. The van der Waals surface area contributed by atoms with Gasteiger partial charge in [0.15, 0.2) is 14.5 Å². The Balaban J connectivity index is 0.00000400. The van der Waals surface area contributed by atoms with Gasteiger partial charge in [-0.3, -0.25) is 0 Å². The number of rotatable bonds is 10. The summed E-state index contributed by atoms with van der Waals surface area (Å²) >= 11 is 6.15. The first-order chi connectivity index (χ1) is 21.6. The van der Waals surface area contributed by atoms with Crippen molar-refractivity contribution in [2.75, 3.05) is 0 Å². The van der Waals surface area contributed by atoms with Crippen LogP contribution in [0.4, 0.5) is 0 Å². The van der Waals surface area contributed by atoms with E-state index in [0.717, 1.165) is 31.8 Å². The van der Waals surface area contributed by atoms with Gasteiger partial charge < -0.3 is 0 Å². The Morgan fingerprint density at radius 3 is 0.644 bits per heavy atom. The van der Waals surface area contributed by atoms with Gasteiger partial charge in [0, 0.05) is 19.8 Å². The molecule has 0 unspecified atom stereocenters. The van der Waals surface area contributed by atoms with Crippen molar-refractivity contribution in [1.82, 2.24) is 0 Å². The molecule has 0 aliphatic carbocycles. The van der Waals surface area contributed by atoms with Crippen molar-refractivity contribution >= 4 is 74.5 Å². The van der Waals surface area contributed by atoms with E-state index in [-0.39, 0.29) is 35.7 Å². The molecule has 0 amide bonds. The molecule has 0 aliphatic rings. The summed E-state index contributed by atoms with van der Waals surface area (Å²) in [4.78, 5) is 30.8. The minimum Gasteiger partial charge on any atom is -0.245 e. The first-order valence-electron chi connectivity index (χ1n) is 14.4. The summed E-state index contributed by atoms with van der Waals surface area (Å²) in [5.74, 6) is 0. The van der Waals surface area contributed by atoms with Crippen LogP contribution in [0.2, 0.25) is 0 Å². The molecule has 6 heteroatoms. The molecule has 220 valence electrons. The molecule has 6 rings (SSSR count). The molecule has 0 atom stereocenters. The molecular formula is C39H30O2OsP2S+2. The minimum atomic E-state index is -3.08. The number of thiocarbonyl (C=S) groups is 1. The third-order valence-corrected chi connectivity index (χ3v) is 16.6. The van der Waals surface area contributed by atoms with E-state index in [1.54, 1.807) is 0 Å². The van der Waals surface area contributed by atoms with Gasteiger partial charge in [0.05, 0.1) is 0 Å². The van der Waals surface area contributed by atoms with Gasteiger partial charge in [0.1, 0.15) is 31.8 Å². The van der Waals surface area contributed by atoms with Crippen LogP contribution < -0.4 is 31.8 Å². The molecule has 0 saturated carbocycles. The molecule has 6 aromatic rings. The zero-order valence-corrected chi connectivity index (χ0v) is 29.4. The second-order valence-electron chi connectivity index (χ2n) is 10.3. The van der Waals surface area contributed by atoms with Gasteiger partial charge in [0.2, 0.25) is 4.86 Å². The molecular weight excluding hydrogens is 785 g/mol. The average molecular weight is 815 g/mol. The first kappa shape index (κ1) is 32.6. The molecule has 0 heterocycles. The van der Waals surface area contributed by atoms with E-state index >= 15 is 9.59 Å². The summed E-state index contributed by atoms with van der Waals surface area (Å²) < 4.78 is 0. The molecule has 6 aromatic carbocycles. The quantitative estimate of drug-likeness (QED) is 0.0914. The van der Waals surface area contributed by atoms with Crippen LogP contribution in [-0.4, -0.2) is 15.9 Å². The van der Waals surface area contributed by atoms with Crippen LogP contribution in [0.5, 0.6) is 0 Å². The summed E-state index contributed by atoms with van der Waals surface area (Å²) in [5, 5.41) is 5.17. The predicted molar refractivity (Wildman–Crippen MR) is 193 cm³/mol. The molecule has 0 N–H and O–H groups in total. The Hall–Kier alpha value is -3.75. The van der Waals surface area contributed by atoms with Crippen LogP contribution in [0, 0.1) is 0 Å². The summed E-state index contributed by atoms with van der Waals surface area (Å²) in [5.41, 5.74) is -0.596. The van der Waals surface area contributed by atoms with Crippen molar-refractivity contribution < 1.29 is 29.4 Å². The van der Waals surface area contributed by atoms with E-state index in [2.05, 4.69) is 0 Å². The molecule has 0 bridgehead atoms. The van der Waals surface area contributed by atoms with Crippen molar-refractivity contribution in [2.24, 2.45) is 0 Å². The fourth-order valence-corrected chi connectivity index (χ4v) is 14.5. The zero-order chi connectivity index (χ0) is 30.4. The average Bonchev–Trinajstić information content (AvgIpc) is 3.11. The Kier molecular flexibility index (Phi) is 10.6. The predicted octanol–water partition coefficient (Wildman–Crippen LogP) is 6.40. The van der Waals surface area contributed by atoms with E-state index < -0.39 is 14.5 Å². The van der Waals surface area contributed by atoms with E-state index in [1.165, 1.54) is 0 Å². The maximum absolute atomic E-state index is 15.5. The normalized spacial score (nSPS) is 11.2. The molecule has 0 aliphatic heterocycles. The van der Waals surface area contributed by atoms with Gasteiger partial charge in [-0.25, -0.2) is 9.59 Å². The monoisotopic (exact) mass is 816 g/mol. The number of carbonyl (C=O) groups excluding carboxylic acids is 2. The molecule has 0 saturated heterocycles. The maximum Gasteiger partial charge on any atom is 0.331 e. The Labute approximate surface area is 284 Å². The van der Waals surface area contributed by atoms with Crippen LogP contribution in [0.25, 0.3) is 0 Å². The van der Waals surface area contributed by atoms with Crippen LogP contribution in [0.1, 0.15) is 0 Å². The topological polar surface area (TPSA) is 34.1 Å². The minimum absolute atomic E-state index is 0. The third-order valence-electron chi connectivity index (χ3n) is 7.86. The first-order valence-corrected chi connectivity index (χ1v) is 18.4. The van der Waals surface area contributed by atoms with Gasteiger partial charge in [-0.05, 0) is 72.8 Å². The fraction of sp³-hybridized carbons (Fsp3) is 0. The number of hydrogen-bond donors (Lipinski definition) is 0. The zero-order valence-electron chi connectivity index (χ0n) is 24.3. The summed E-state index contributed by atoms with van der Waals surface area (Å²) in [6.45, 7) is 0. The number of hydrogen-bond acceptors (Lipinski definition) is 3. The Bertz CT molecular complexity index is 1550. The fourth-order valence-electron chi connectivity index (χ4n) is 5.90. The van der Waals surface area contributed by atoms with Crippen molar-refractivity contribution in [2.45, 2.75) is 0 Å². The summed E-state index contributed by atoms with van der Waals surface area (Å²) in [6, 6.07) is 58.9. The van der Waals surface area contributed by atoms with Gasteiger partial charge in [0.25, 0.3) is 0 Å². The van der Waals surface area contributed by atoms with Crippen molar-refractivity contribution in [3.63, 3.8) is 0 Å². The smallest absolute Gasteiger partial charge is 0.245 e. The molecule has 45 heavy (non-hydrogen) atoms. The van der Waals surface area contributed by atoms with E-state index in [0.29, 0.717) is 0 Å². The van der Waals surface area contributed by atoms with E-state index in [1.807, 2.05) is 182 Å². The maximum atomic E-state index is 15.5. The third kappa shape index (κ3) is 5.86. The van der Waals surface area contributed by atoms with Gasteiger partial charge in [-0.2, -0.15) is 0 Å². The Morgan fingerprint density at radius 2 is 0.489 bits per heavy atom. The van der Waals surface area contributed by atoms with Gasteiger partial charge >= 0.3 is 11.0 Å². The number of carbonyl (C=O) groups is 2. The second kappa shape index (κ2) is 14.6. The summed E-state index contributed by atoms with van der Waals surface area (Å²) in [6.07, 6.45) is 0. The van der Waals surface area contributed by atoms with Gasteiger partial charge in [-0.1, -0.05) is 121 Å². The van der Waals surface area contributed by atoms with E-state index in [4.69, 9.17) is 12.2 Å². The van der Waals surface area contributed by atoms with Crippen LogP contribution in [0.15, 0.2) is 182 Å².